The summed E-state index contributed by atoms with van der Waals surface area (Å²) in [4.78, 5) is 11.5. The molecule has 4 aliphatic carbocycles. The summed E-state index contributed by atoms with van der Waals surface area (Å²) in [5.41, 5.74) is 4.85. The molecule has 4 bridgehead atoms. The maximum absolute atomic E-state index is 11.5. The van der Waals surface area contributed by atoms with Crippen LogP contribution in [0.3, 0.4) is 0 Å². The molecule has 0 saturated carbocycles. The molecule has 2 aromatic rings. The SMILES string of the molecule is O=C(O)c1cc2c(Br)cc1CCc1ccc(cc1Br)CC2. The predicted octanol–water partition coefficient (Wildman–Crippen LogP) is 4.79. The number of carboxylic acids is 1. The predicted molar refractivity (Wildman–Crippen MR) is 90.1 cm³/mol. The number of aromatic carboxylic acids is 1. The summed E-state index contributed by atoms with van der Waals surface area (Å²) in [5, 5.41) is 9.44. The normalized spacial score (nSPS) is 13.8. The Hall–Kier alpha value is -1.13. The highest BCUT2D eigenvalue weighted by atomic mass is 79.9. The van der Waals surface area contributed by atoms with E-state index in [-0.39, 0.29) is 0 Å². The van der Waals surface area contributed by atoms with Gasteiger partial charge in [0.15, 0.2) is 0 Å². The first-order chi connectivity index (χ1) is 10.0. The van der Waals surface area contributed by atoms with Gasteiger partial charge in [-0.05, 0) is 66.1 Å². The fraction of sp³-hybridized carbons (Fsp3) is 0.235. The van der Waals surface area contributed by atoms with Gasteiger partial charge in [0.1, 0.15) is 0 Å². The van der Waals surface area contributed by atoms with Crippen LogP contribution in [0, 0.1) is 0 Å². The lowest BCUT2D eigenvalue weighted by Gasteiger charge is -2.15. The monoisotopic (exact) mass is 408 g/mol. The molecule has 4 aliphatic rings. The van der Waals surface area contributed by atoms with E-state index in [0.29, 0.717) is 5.56 Å². The zero-order chi connectivity index (χ0) is 15.0. The Morgan fingerprint density at radius 1 is 0.857 bits per heavy atom. The van der Waals surface area contributed by atoms with Gasteiger partial charge < -0.3 is 5.11 Å². The molecular weight excluding hydrogens is 396 g/mol. The molecule has 0 heterocycles. The molecule has 0 saturated heterocycles. The van der Waals surface area contributed by atoms with Gasteiger partial charge in [0, 0.05) is 8.95 Å². The van der Waals surface area contributed by atoms with Gasteiger partial charge in [-0.2, -0.15) is 0 Å². The lowest BCUT2D eigenvalue weighted by atomic mass is 9.93. The Balaban J connectivity index is 2.11. The van der Waals surface area contributed by atoms with Crippen molar-refractivity contribution in [2.45, 2.75) is 25.7 Å². The Morgan fingerprint density at radius 3 is 2.24 bits per heavy atom. The van der Waals surface area contributed by atoms with Gasteiger partial charge in [-0.3, -0.25) is 0 Å². The summed E-state index contributed by atoms with van der Waals surface area (Å²) in [6.45, 7) is 0. The molecule has 0 radical (unpaired) electrons. The fourth-order valence-electron chi connectivity index (χ4n) is 2.75. The van der Waals surface area contributed by atoms with Crippen LogP contribution in [0.1, 0.15) is 32.6 Å². The molecule has 0 fully saturated rings. The molecule has 2 aromatic carbocycles. The van der Waals surface area contributed by atoms with Crippen LogP contribution < -0.4 is 0 Å². The second kappa shape index (κ2) is 5.93. The van der Waals surface area contributed by atoms with Gasteiger partial charge in [0.2, 0.25) is 0 Å². The van der Waals surface area contributed by atoms with Crippen LogP contribution in [0.15, 0.2) is 39.3 Å². The largest absolute Gasteiger partial charge is 0.478 e. The van der Waals surface area contributed by atoms with Crippen molar-refractivity contribution in [1.29, 1.82) is 0 Å². The molecular formula is C17H14Br2O2. The number of carboxylic acid groups (broad SMARTS) is 1. The molecule has 108 valence electrons. The minimum Gasteiger partial charge on any atom is -0.478 e. The summed E-state index contributed by atoms with van der Waals surface area (Å²) in [6.07, 6.45) is 3.27. The quantitative estimate of drug-likeness (QED) is 0.734. The van der Waals surface area contributed by atoms with E-state index in [2.05, 4.69) is 50.1 Å². The highest BCUT2D eigenvalue weighted by molar-refractivity contribution is 9.10. The molecule has 0 aromatic heterocycles. The zero-order valence-electron chi connectivity index (χ0n) is 11.3. The number of carbonyl (C=O) groups is 1. The van der Waals surface area contributed by atoms with Crippen molar-refractivity contribution in [3.05, 3.63) is 67.1 Å². The average Bonchev–Trinajstić information content (AvgIpc) is 2.42. The Morgan fingerprint density at radius 2 is 1.52 bits per heavy atom. The van der Waals surface area contributed by atoms with E-state index in [1.54, 1.807) is 0 Å². The van der Waals surface area contributed by atoms with E-state index >= 15 is 0 Å². The van der Waals surface area contributed by atoms with Gasteiger partial charge >= 0.3 is 5.97 Å². The van der Waals surface area contributed by atoms with Gasteiger partial charge in [0.25, 0.3) is 0 Å². The zero-order valence-corrected chi connectivity index (χ0v) is 14.5. The molecule has 21 heavy (non-hydrogen) atoms. The van der Waals surface area contributed by atoms with E-state index < -0.39 is 5.97 Å². The van der Waals surface area contributed by atoms with Crippen LogP contribution in [-0.4, -0.2) is 11.1 Å². The third-order valence-corrected chi connectivity index (χ3v) is 5.44. The van der Waals surface area contributed by atoms with Crippen molar-refractivity contribution in [1.82, 2.24) is 0 Å². The van der Waals surface area contributed by atoms with E-state index in [4.69, 9.17) is 0 Å². The van der Waals surface area contributed by atoms with Crippen LogP contribution >= 0.6 is 31.9 Å². The van der Waals surface area contributed by atoms with Crippen LogP contribution in [0.5, 0.6) is 0 Å². The fourth-order valence-corrected chi connectivity index (χ4v) is 3.97. The number of aryl methyl sites for hydroxylation is 4. The minimum absolute atomic E-state index is 0.430. The average molecular weight is 410 g/mol. The summed E-state index contributed by atoms with van der Waals surface area (Å²) in [7, 11) is 0. The molecule has 0 unspecified atom stereocenters. The molecule has 0 amide bonds. The second-order valence-electron chi connectivity index (χ2n) is 5.33. The van der Waals surface area contributed by atoms with E-state index in [9.17, 15) is 9.90 Å². The van der Waals surface area contributed by atoms with Gasteiger partial charge in [-0.25, -0.2) is 4.79 Å². The number of hydrogen-bond donors (Lipinski definition) is 1. The Kier molecular flexibility index (Phi) is 4.18. The molecule has 0 spiro atoms. The van der Waals surface area contributed by atoms with Crippen molar-refractivity contribution in [2.75, 3.05) is 0 Å². The molecule has 2 nitrogen and oxygen atoms in total. The number of rotatable bonds is 1. The maximum Gasteiger partial charge on any atom is 0.335 e. The summed E-state index contributed by atoms with van der Waals surface area (Å²) in [5.74, 6) is -0.844. The van der Waals surface area contributed by atoms with Gasteiger partial charge in [0.05, 0.1) is 5.56 Å². The van der Waals surface area contributed by atoms with Gasteiger partial charge in [-0.15, -0.1) is 0 Å². The van der Waals surface area contributed by atoms with Gasteiger partial charge in [-0.1, -0.05) is 44.0 Å². The summed E-state index contributed by atoms with van der Waals surface area (Å²) < 4.78 is 2.13. The Labute approximate surface area is 140 Å². The summed E-state index contributed by atoms with van der Waals surface area (Å²) >= 11 is 7.21. The maximum atomic E-state index is 11.5. The van der Waals surface area contributed by atoms with Crippen molar-refractivity contribution in [3.63, 3.8) is 0 Å². The topological polar surface area (TPSA) is 37.3 Å². The van der Waals surface area contributed by atoms with E-state index in [1.807, 2.05) is 12.1 Å². The van der Waals surface area contributed by atoms with E-state index in [0.717, 1.165) is 45.8 Å². The smallest absolute Gasteiger partial charge is 0.335 e. The lowest BCUT2D eigenvalue weighted by Crippen LogP contribution is -2.07. The third kappa shape index (κ3) is 3.06. The first-order valence-corrected chi connectivity index (χ1v) is 8.45. The van der Waals surface area contributed by atoms with Crippen LogP contribution in [0.4, 0.5) is 0 Å². The lowest BCUT2D eigenvalue weighted by molar-refractivity contribution is 0.0695. The van der Waals surface area contributed by atoms with E-state index in [1.165, 1.54) is 11.1 Å². The van der Waals surface area contributed by atoms with Crippen LogP contribution in [-0.2, 0) is 25.7 Å². The van der Waals surface area contributed by atoms with Crippen LogP contribution in [0.25, 0.3) is 0 Å². The molecule has 0 atom stereocenters. The Bertz CT molecular complexity index is 723. The molecule has 1 N–H and O–H groups in total. The molecule has 0 aliphatic heterocycles. The second-order valence-corrected chi connectivity index (χ2v) is 7.04. The van der Waals surface area contributed by atoms with Crippen molar-refractivity contribution >= 4 is 37.8 Å². The number of hydrogen-bond acceptors (Lipinski definition) is 1. The van der Waals surface area contributed by atoms with Crippen molar-refractivity contribution < 1.29 is 9.90 Å². The van der Waals surface area contributed by atoms with Crippen molar-refractivity contribution in [3.8, 4) is 0 Å². The van der Waals surface area contributed by atoms with Crippen LogP contribution in [0.2, 0.25) is 0 Å². The number of halogens is 2. The first kappa shape index (κ1) is 14.8. The summed E-state index contributed by atoms with van der Waals surface area (Å²) in [6, 6.07) is 10.3. The first-order valence-electron chi connectivity index (χ1n) is 6.86. The van der Waals surface area contributed by atoms with Crippen molar-refractivity contribution in [2.24, 2.45) is 0 Å². The molecule has 6 rings (SSSR count). The minimum atomic E-state index is -0.844. The standard InChI is InChI=1S/C17H14Br2O2/c18-15-7-10-1-3-11(15)5-6-12-9-16(19)13(4-2-10)8-14(12)17(20)21/h1,3,7-9H,2,4-6H2,(H,20,21). The number of benzene rings is 2. The molecule has 4 heteroatoms. The third-order valence-electron chi connectivity index (χ3n) is 3.97. The highest BCUT2D eigenvalue weighted by Crippen LogP contribution is 2.28. The highest BCUT2D eigenvalue weighted by Gasteiger charge is 2.16.